The molecule has 0 aliphatic rings. The van der Waals surface area contributed by atoms with Crippen molar-refractivity contribution in [2.24, 2.45) is 0 Å². The first kappa shape index (κ1) is 23.3. The van der Waals surface area contributed by atoms with Crippen LogP contribution < -0.4 is 10.1 Å². The average molecular weight is 605 g/mol. The van der Waals surface area contributed by atoms with E-state index in [1.54, 1.807) is 6.08 Å². The van der Waals surface area contributed by atoms with E-state index in [2.05, 4.69) is 59.2 Å². The molecule has 0 saturated carbocycles. The van der Waals surface area contributed by atoms with Gasteiger partial charge >= 0.3 is 0 Å². The molecule has 0 bridgehead atoms. The van der Waals surface area contributed by atoms with E-state index in [1.165, 1.54) is 0 Å². The van der Waals surface area contributed by atoms with Crippen molar-refractivity contribution < 1.29 is 9.53 Å². The lowest BCUT2D eigenvalue weighted by Crippen LogP contribution is -2.20. The summed E-state index contributed by atoms with van der Waals surface area (Å²) < 4.78 is 8.01. The molecule has 3 aromatic rings. The Morgan fingerprint density at radius 3 is 2.35 bits per heavy atom. The van der Waals surface area contributed by atoms with Gasteiger partial charge in [0.15, 0.2) is 6.61 Å². The molecule has 0 unspecified atom stereocenters. The molecule has 7 heteroatoms. The Balaban J connectivity index is 1.73. The van der Waals surface area contributed by atoms with Crippen LogP contribution in [0, 0.1) is 18.3 Å². The largest absolute Gasteiger partial charge is 0.481 e. The van der Waals surface area contributed by atoms with Gasteiger partial charge in [-0.3, -0.25) is 4.79 Å². The number of ether oxygens (including phenoxy) is 1. The molecular weight excluding hydrogens is 588 g/mol. The van der Waals surface area contributed by atoms with E-state index in [0.29, 0.717) is 20.3 Å². The van der Waals surface area contributed by atoms with E-state index < -0.39 is 0 Å². The van der Waals surface area contributed by atoms with Crippen LogP contribution in [0.2, 0.25) is 0 Å². The zero-order valence-corrected chi connectivity index (χ0v) is 21.2. The first-order chi connectivity index (χ1) is 14.9. The van der Waals surface area contributed by atoms with Gasteiger partial charge < -0.3 is 10.1 Å². The molecule has 1 N–H and O–H groups in total. The Bertz CT molecular complexity index is 1160. The van der Waals surface area contributed by atoms with Gasteiger partial charge in [-0.2, -0.15) is 5.26 Å². The molecule has 3 aromatic carbocycles. The number of hydrogen-bond donors (Lipinski definition) is 1. The third-order valence-corrected chi connectivity index (χ3v) is 5.96. The van der Waals surface area contributed by atoms with Gasteiger partial charge in [-0.15, -0.1) is 0 Å². The first-order valence-corrected chi connectivity index (χ1v) is 11.6. The normalized spacial score (nSPS) is 11.0. The van der Waals surface area contributed by atoms with Crippen molar-refractivity contribution >= 4 is 71.0 Å². The number of benzene rings is 3. The number of carbonyl (C=O) groups is 1. The molecule has 1 amide bonds. The number of nitrogens with one attached hydrogen (secondary N) is 1. The second kappa shape index (κ2) is 10.8. The maximum absolute atomic E-state index is 12.2. The molecule has 0 saturated heterocycles. The smallest absolute Gasteiger partial charge is 0.262 e. The second-order valence-corrected chi connectivity index (χ2v) is 9.32. The molecular formula is C24H17Br3N2O2. The molecule has 0 spiro atoms. The fourth-order valence-corrected chi connectivity index (χ4v) is 4.55. The number of anilines is 1. The minimum atomic E-state index is -0.254. The molecule has 0 aliphatic heterocycles. The van der Waals surface area contributed by atoms with Gasteiger partial charge in [-0.1, -0.05) is 40.2 Å². The monoisotopic (exact) mass is 602 g/mol. The van der Waals surface area contributed by atoms with Crippen molar-refractivity contribution in [1.82, 2.24) is 0 Å². The molecule has 3 rings (SSSR count). The minimum absolute atomic E-state index is 0.136. The maximum atomic E-state index is 12.2. The molecule has 0 atom stereocenters. The summed E-state index contributed by atoms with van der Waals surface area (Å²) in [6.07, 6.45) is 1.80. The van der Waals surface area contributed by atoms with Crippen LogP contribution in [0.3, 0.4) is 0 Å². The molecule has 0 heterocycles. The van der Waals surface area contributed by atoms with Gasteiger partial charge in [0.05, 0.1) is 20.6 Å². The van der Waals surface area contributed by atoms with E-state index in [9.17, 15) is 10.1 Å². The van der Waals surface area contributed by atoms with Gasteiger partial charge in [0.1, 0.15) is 5.75 Å². The lowest BCUT2D eigenvalue weighted by molar-refractivity contribution is -0.118. The van der Waals surface area contributed by atoms with Crippen molar-refractivity contribution in [1.29, 1.82) is 5.26 Å². The van der Waals surface area contributed by atoms with E-state index >= 15 is 0 Å². The minimum Gasteiger partial charge on any atom is -0.481 e. The number of aryl methyl sites for hydroxylation is 1. The molecule has 0 fully saturated rings. The van der Waals surface area contributed by atoms with Gasteiger partial charge in [-0.25, -0.2) is 0 Å². The fraction of sp³-hybridized carbons (Fsp3) is 0.0833. The molecule has 156 valence electrons. The van der Waals surface area contributed by atoms with Crippen LogP contribution in [0.4, 0.5) is 5.69 Å². The number of nitrogens with zero attached hydrogens (tertiary/aromatic N) is 1. The van der Waals surface area contributed by atoms with Crippen LogP contribution in [-0.2, 0) is 4.79 Å². The van der Waals surface area contributed by atoms with E-state index in [1.807, 2.05) is 67.6 Å². The van der Waals surface area contributed by atoms with Crippen LogP contribution in [0.1, 0.15) is 16.7 Å². The number of amides is 1. The lowest BCUT2D eigenvalue weighted by atomic mass is 10.0. The third-order valence-electron chi connectivity index (χ3n) is 4.26. The molecule has 4 nitrogen and oxygen atoms in total. The Morgan fingerprint density at radius 1 is 1.06 bits per heavy atom. The van der Waals surface area contributed by atoms with Gasteiger partial charge in [-0.05, 0) is 97.9 Å². The maximum Gasteiger partial charge on any atom is 0.262 e. The molecule has 0 radical (unpaired) electrons. The zero-order chi connectivity index (χ0) is 22.4. The summed E-state index contributed by atoms with van der Waals surface area (Å²) in [5, 5.41) is 12.4. The van der Waals surface area contributed by atoms with Crippen molar-refractivity contribution in [2.45, 2.75) is 6.92 Å². The topological polar surface area (TPSA) is 62.1 Å². The standard InChI is InChI=1S/C24H17Br3N2O2/c1-15-3-2-4-20(9-15)29-23(30)14-31-24-21(26)11-16(12-22(24)27)10-18(13-28)17-5-7-19(25)8-6-17/h2-12H,14H2,1H3,(H,29,30)/b18-10+. The predicted octanol–water partition coefficient (Wildman–Crippen LogP) is 7.36. The van der Waals surface area contributed by atoms with Gasteiger partial charge in [0.2, 0.25) is 0 Å². The highest BCUT2D eigenvalue weighted by atomic mass is 79.9. The second-order valence-electron chi connectivity index (χ2n) is 6.70. The SMILES string of the molecule is Cc1cccc(NC(=O)COc2c(Br)cc(/C=C(\C#N)c3ccc(Br)cc3)cc2Br)c1. The molecule has 0 aromatic heterocycles. The average Bonchev–Trinajstić information content (AvgIpc) is 2.72. The number of carbonyl (C=O) groups excluding carboxylic acids is 1. The summed E-state index contributed by atoms with van der Waals surface area (Å²) in [6, 6.07) is 21.0. The van der Waals surface area contributed by atoms with Crippen molar-refractivity contribution in [3.8, 4) is 11.8 Å². The summed E-state index contributed by atoms with van der Waals surface area (Å²) in [4.78, 5) is 12.2. The van der Waals surface area contributed by atoms with Crippen molar-refractivity contribution in [3.05, 3.63) is 90.8 Å². The Kier molecular flexibility index (Phi) is 8.08. The summed E-state index contributed by atoms with van der Waals surface area (Å²) in [6.45, 7) is 1.83. The van der Waals surface area contributed by atoms with Crippen molar-refractivity contribution in [2.75, 3.05) is 11.9 Å². The van der Waals surface area contributed by atoms with Crippen LogP contribution in [0.15, 0.2) is 74.1 Å². The van der Waals surface area contributed by atoms with Crippen molar-refractivity contribution in [3.63, 3.8) is 0 Å². The summed E-state index contributed by atoms with van der Waals surface area (Å²) in [7, 11) is 0. The number of allylic oxidation sites excluding steroid dienone is 1. The summed E-state index contributed by atoms with van der Waals surface area (Å²) in [5.41, 5.74) is 3.97. The third kappa shape index (κ3) is 6.54. The lowest BCUT2D eigenvalue weighted by Gasteiger charge is -2.12. The predicted molar refractivity (Wildman–Crippen MR) is 135 cm³/mol. The van der Waals surface area contributed by atoms with E-state index in [0.717, 1.165) is 26.9 Å². The Morgan fingerprint density at radius 2 is 1.74 bits per heavy atom. The highest BCUT2D eigenvalue weighted by Crippen LogP contribution is 2.36. The summed E-state index contributed by atoms with van der Waals surface area (Å²) >= 11 is 10.4. The Labute approximate surface area is 206 Å². The van der Waals surface area contributed by atoms with Crippen LogP contribution in [0.25, 0.3) is 11.6 Å². The zero-order valence-electron chi connectivity index (χ0n) is 16.5. The quantitative estimate of drug-likeness (QED) is 0.236. The van der Waals surface area contributed by atoms with E-state index in [4.69, 9.17) is 4.74 Å². The Hall–Kier alpha value is -2.40. The fourth-order valence-electron chi connectivity index (χ4n) is 2.83. The number of nitriles is 1. The molecule has 31 heavy (non-hydrogen) atoms. The summed E-state index contributed by atoms with van der Waals surface area (Å²) in [5.74, 6) is 0.258. The molecule has 0 aliphatic carbocycles. The van der Waals surface area contributed by atoms with Gasteiger partial charge in [0.25, 0.3) is 5.91 Å². The van der Waals surface area contributed by atoms with Gasteiger partial charge in [0, 0.05) is 10.2 Å². The number of halogens is 3. The number of rotatable bonds is 6. The highest BCUT2D eigenvalue weighted by molar-refractivity contribution is 9.11. The van der Waals surface area contributed by atoms with Crippen LogP contribution in [-0.4, -0.2) is 12.5 Å². The highest BCUT2D eigenvalue weighted by Gasteiger charge is 2.12. The van der Waals surface area contributed by atoms with Crippen LogP contribution >= 0.6 is 47.8 Å². The van der Waals surface area contributed by atoms with E-state index in [-0.39, 0.29) is 12.5 Å². The van der Waals surface area contributed by atoms with Crippen LogP contribution in [0.5, 0.6) is 5.75 Å². The first-order valence-electron chi connectivity index (χ1n) is 9.22. The number of hydrogen-bond acceptors (Lipinski definition) is 3.